The zero-order valence-corrected chi connectivity index (χ0v) is 12.7. The first-order chi connectivity index (χ1) is 8.55. The predicted molar refractivity (Wildman–Crippen MR) is 76.7 cm³/mol. The number of fused-ring (bicyclic) bond motifs is 2. The van der Waals surface area contributed by atoms with E-state index >= 15 is 0 Å². The van der Waals surface area contributed by atoms with E-state index in [4.69, 9.17) is 4.74 Å². The van der Waals surface area contributed by atoms with Gasteiger partial charge in [0, 0.05) is 13.2 Å². The molecule has 0 aliphatic heterocycles. The molecule has 2 nitrogen and oxygen atoms in total. The summed E-state index contributed by atoms with van der Waals surface area (Å²) in [5.74, 6) is 3.01. The topological polar surface area (TPSA) is 21.3 Å². The van der Waals surface area contributed by atoms with Crippen LogP contribution in [-0.4, -0.2) is 25.3 Å². The van der Waals surface area contributed by atoms with Crippen molar-refractivity contribution in [1.82, 2.24) is 5.32 Å². The molecule has 0 amide bonds. The third kappa shape index (κ3) is 3.27. The Bertz CT molecular complexity index is 264. The van der Waals surface area contributed by atoms with Crippen molar-refractivity contribution in [2.45, 2.75) is 70.9 Å². The monoisotopic (exact) mass is 253 g/mol. The van der Waals surface area contributed by atoms with E-state index in [9.17, 15) is 0 Å². The zero-order valence-electron chi connectivity index (χ0n) is 12.7. The van der Waals surface area contributed by atoms with Gasteiger partial charge in [-0.25, -0.2) is 0 Å². The smallest absolute Gasteiger partial charge is 0.0623 e. The number of hydrogen-bond donors (Lipinski definition) is 1. The zero-order chi connectivity index (χ0) is 13.2. The molecular formula is C16H31NO. The number of nitrogens with one attached hydrogen (secondary N) is 1. The van der Waals surface area contributed by atoms with E-state index < -0.39 is 0 Å². The molecule has 2 bridgehead atoms. The molecule has 2 aliphatic carbocycles. The fraction of sp³-hybridized carbons (Fsp3) is 1.00. The second-order valence-electron chi connectivity index (χ2n) is 7.01. The van der Waals surface area contributed by atoms with Crippen LogP contribution in [0.2, 0.25) is 0 Å². The lowest BCUT2D eigenvalue weighted by Crippen LogP contribution is -2.40. The van der Waals surface area contributed by atoms with Gasteiger partial charge >= 0.3 is 0 Å². The van der Waals surface area contributed by atoms with E-state index in [1.807, 2.05) is 7.11 Å². The minimum absolute atomic E-state index is 0.0330. The van der Waals surface area contributed by atoms with Gasteiger partial charge < -0.3 is 10.1 Å². The summed E-state index contributed by atoms with van der Waals surface area (Å²) in [6.45, 7) is 7.75. The van der Waals surface area contributed by atoms with Crippen LogP contribution in [0.4, 0.5) is 0 Å². The molecule has 2 aliphatic rings. The normalized spacial score (nSPS) is 33.0. The molecule has 2 fully saturated rings. The van der Waals surface area contributed by atoms with Crippen LogP contribution >= 0.6 is 0 Å². The lowest BCUT2D eigenvalue weighted by molar-refractivity contribution is 0.00924. The van der Waals surface area contributed by atoms with Gasteiger partial charge in [-0.3, -0.25) is 0 Å². The Balaban J connectivity index is 1.88. The van der Waals surface area contributed by atoms with Gasteiger partial charge in [-0.1, -0.05) is 13.3 Å². The van der Waals surface area contributed by atoms with Gasteiger partial charge in [0.1, 0.15) is 0 Å². The van der Waals surface area contributed by atoms with Crippen molar-refractivity contribution < 1.29 is 4.74 Å². The summed E-state index contributed by atoms with van der Waals surface area (Å²) in [6, 6.07) is 0.722. The molecule has 2 saturated carbocycles. The molecule has 106 valence electrons. The van der Waals surface area contributed by atoms with Gasteiger partial charge in [0.2, 0.25) is 0 Å². The van der Waals surface area contributed by atoms with Gasteiger partial charge in [0.05, 0.1) is 5.60 Å². The van der Waals surface area contributed by atoms with Crippen LogP contribution in [0.1, 0.15) is 59.3 Å². The van der Waals surface area contributed by atoms with E-state index in [2.05, 4.69) is 26.1 Å². The maximum absolute atomic E-state index is 5.56. The van der Waals surface area contributed by atoms with E-state index in [-0.39, 0.29) is 5.60 Å². The third-order valence-corrected chi connectivity index (χ3v) is 5.39. The summed E-state index contributed by atoms with van der Waals surface area (Å²) in [4.78, 5) is 0. The van der Waals surface area contributed by atoms with Crippen LogP contribution in [0.25, 0.3) is 0 Å². The van der Waals surface area contributed by atoms with Gasteiger partial charge in [0.25, 0.3) is 0 Å². The highest BCUT2D eigenvalue weighted by Gasteiger charge is 2.42. The largest absolute Gasteiger partial charge is 0.379 e. The molecule has 0 heterocycles. The summed E-state index contributed by atoms with van der Waals surface area (Å²) in [5, 5.41) is 3.75. The minimum Gasteiger partial charge on any atom is -0.379 e. The Hall–Kier alpha value is -0.0800. The Morgan fingerprint density at radius 1 is 1.28 bits per heavy atom. The fourth-order valence-electron chi connectivity index (χ4n) is 4.12. The Labute approximate surface area is 113 Å². The summed E-state index contributed by atoms with van der Waals surface area (Å²) in [7, 11) is 1.83. The molecule has 0 aromatic rings. The van der Waals surface area contributed by atoms with Gasteiger partial charge in [-0.2, -0.15) is 0 Å². The first-order valence-electron chi connectivity index (χ1n) is 7.84. The molecule has 18 heavy (non-hydrogen) atoms. The average Bonchev–Trinajstić information content (AvgIpc) is 2.96. The highest BCUT2D eigenvalue weighted by Crippen LogP contribution is 2.50. The Morgan fingerprint density at radius 3 is 2.56 bits per heavy atom. The molecule has 2 rings (SSSR count). The summed E-state index contributed by atoms with van der Waals surface area (Å²) in [5.41, 5.74) is 0.0330. The molecule has 0 radical (unpaired) electrons. The van der Waals surface area contributed by atoms with E-state index in [1.165, 1.54) is 32.1 Å². The molecule has 4 unspecified atom stereocenters. The Kier molecular flexibility index (Phi) is 4.71. The molecule has 0 spiro atoms. The standard InChI is InChI=1S/C16H31NO/c1-5-17-15(8-9-16(2,3)18-4)14-11-12-6-7-13(14)10-12/h12-15,17H,5-11H2,1-4H3. The van der Waals surface area contributed by atoms with Crippen LogP contribution in [0.3, 0.4) is 0 Å². The summed E-state index contributed by atoms with van der Waals surface area (Å²) < 4.78 is 5.56. The van der Waals surface area contributed by atoms with Crippen molar-refractivity contribution in [3.63, 3.8) is 0 Å². The fourth-order valence-corrected chi connectivity index (χ4v) is 4.12. The van der Waals surface area contributed by atoms with Crippen molar-refractivity contribution >= 4 is 0 Å². The number of methoxy groups -OCH3 is 1. The Morgan fingerprint density at radius 2 is 2.06 bits per heavy atom. The van der Waals surface area contributed by atoms with Crippen molar-refractivity contribution in [2.24, 2.45) is 17.8 Å². The quantitative estimate of drug-likeness (QED) is 0.748. The lowest BCUT2D eigenvalue weighted by Gasteiger charge is -2.33. The van der Waals surface area contributed by atoms with Gasteiger partial charge in [-0.05, 0) is 70.3 Å². The number of ether oxygens (including phenoxy) is 1. The minimum atomic E-state index is 0.0330. The van der Waals surface area contributed by atoms with Gasteiger partial charge in [-0.15, -0.1) is 0 Å². The van der Waals surface area contributed by atoms with E-state index in [0.29, 0.717) is 0 Å². The highest BCUT2D eigenvalue weighted by atomic mass is 16.5. The molecule has 4 atom stereocenters. The first kappa shape index (κ1) is 14.3. The second-order valence-corrected chi connectivity index (χ2v) is 7.01. The molecule has 1 N–H and O–H groups in total. The molecule has 0 aromatic carbocycles. The van der Waals surface area contributed by atoms with Crippen LogP contribution in [0, 0.1) is 17.8 Å². The third-order valence-electron chi connectivity index (χ3n) is 5.39. The molecular weight excluding hydrogens is 222 g/mol. The maximum Gasteiger partial charge on any atom is 0.0623 e. The van der Waals surface area contributed by atoms with Crippen LogP contribution < -0.4 is 5.32 Å². The molecule has 0 aromatic heterocycles. The van der Waals surface area contributed by atoms with Gasteiger partial charge in [0.15, 0.2) is 0 Å². The second kappa shape index (κ2) is 5.92. The summed E-state index contributed by atoms with van der Waals surface area (Å²) >= 11 is 0. The van der Waals surface area contributed by atoms with Crippen LogP contribution in [0.15, 0.2) is 0 Å². The van der Waals surface area contributed by atoms with Crippen LogP contribution in [-0.2, 0) is 4.74 Å². The number of rotatable bonds is 7. The maximum atomic E-state index is 5.56. The van der Waals surface area contributed by atoms with Crippen molar-refractivity contribution in [3.8, 4) is 0 Å². The molecule has 0 saturated heterocycles. The molecule has 2 heteroatoms. The van der Waals surface area contributed by atoms with Crippen molar-refractivity contribution in [3.05, 3.63) is 0 Å². The summed E-state index contributed by atoms with van der Waals surface area (Å²) in [6.07, 6.45) is 8.42. The van der Waals surface area contributed by atoms with Crippen LogP contribution in [0.5, 0.6) is 0 Å². The van der Waals surface area contributed by atoms with Crippen molar-refractivity contribution in [2.75, 3.05) is 13.7 Å². The average molecular weight is 253 g/mol. The highest BCUT2D eigenvalue weighted by molar-refractivity contribution is 4.95. The van der Waals surface area contributed by atoms with E-state index in [0.717, 1.165) is 36.8 Å². The van der Waals surface area contributed by atoms with Crippen molar-refractivity contribution in [1.29, 1.82) is 0 Å². The van der Waals surface area contributed by atoms with E-state index in [1.54, 1.807) is 0 Å². The predicted octanol–water partition coefficient (Wildman–Crippen LogP) is 3.61. The SMILES string of the molecule is CCNC(CCC(C)(C)OC)C1CC2CCC1C2. The first-order valence-corrected chi connectivity index (χ1v) is 7.84. The lowest BCUT2D eigenvalue weighted by atomic mass is 9.80. The number of hydrogen-bond acceptors (Lipinski definition) is 2.